The predicted octanol–water partition coefficient (Wildman–Crippen LogP) is 3.11. The van der Waals surface area contributed by atoms with Gasteiger partial charge in [0, 0.05) is 41.8 Å². The number of carbonyl (C=O) groups is 1. The predicted molar refractivity (Wildman–Crippen MR) is 108 cm³/mol. The first kappa shape index (κ1) is 17.7. The molecule has 5 nitrogen and oxygen atoms in total. The van der Waals surface area contributed by atoms with Gasteiger partial charge in [-0.3, -0.25) is 4.79 Å². The molecule has 2 aliphatic heterocycles. The fourth-order valence-corrected chi connectivity index (χ4v) is 4.93. The van der Waals surface area contributed by atoms with Crippen LogP contribution >= 0.6 is 11.3 Å². The standard InChI is InChI=1S/C20H28N4OS/c25-20(22-8-3-12-23-10-1-2-11-23)16-5-13-24(14-6-16)19-17-7-15-26-18(17)4-9-21-19/h4,7,9,15-16H,1-3,5-6,8,10-14H2,(H,22,25). The summed E-state index contributed by atoms with van der Waals surface area (Å²) in [7, 11) is 0. The van der Waals surface area contributed by atoms with E-state index in [-0.39, 0.29) is 11.8 Å². The largest absolute Gasteiger partial charge is 0.356 e. The summed E-state index contributed by atoms with van der Waals surface area (Å²) in [5.74, 6) is 1.47. The second-order valence-corrected chi connectivity index (χ2v) is 8.37. The summed E-state index contributed by atoms with van der Waals surface area (Å²) in [5.41, 5.74) is 0. The molecular weight excluding hydrogens is 344 g/mol. The molecule has 4 rings (SSSR count). The number of anilines is 1. The zero-order chi connectivity index (χ0) is 17.8. The maximum atomic E-state index is 12.5. The fourth-order valence-electron chi connectivity index (χ4n) is 4.15. The molecule has 0 aliphatic carbocycles. The molecule has 0 aromatic carbocycles. The van der Waals surface area contributed by atoms with Crippen LogP contribution in [-0.2, 0) is 4.79 Å². The van der Waals surface area contributed by atoms with Gasteiger partial charge in [0.2, 0.25) is 5.91 Å². The molecule has 26 heavy (non-hydrogen) atoms. The Morgan fingerprint density at radius 3 is 2.81 bits per heavy atom. The monoisotopic (exact) mass is 372 g/mol. The number of hydrogen-bond donors (Lipinski definition) is 1. The first-order chi connectivity index (χ1) is 12.8. The third kappa shape index (κ3) is 4.01. The second-order valence-electron chi connectivity index (χ2n) is 7.42. The van der Waals surface area contributed by atoms with Crippen molar-refractivity contribution in [3.8, 4) is 0 Å². The minimum absolute atomic E-state index is 0.153. The fraction of sp³-hybridized carbons (Fsp3) is 0.600. The highest BCUT2D eigenvalue weighted by Crippen LogP contribution is 2.31. The number of thiophene rings is 1. The van der Waals surface area contributed by atoms with Crippen molar-refractivity contribution in [1.29, 1.82) is 0 Å². The molecule has 2 aromatic rings. The van der Waals surface area contributed by atoms with Crippen molar-refractivity contribution in [3.05, 3.63) is 23.7 Å². The smallest absolute Gasteiger partial charge is 0.223 e. The van der Waals surface area contributed by atoms with Crippen LogP contribution in [0.2, 0.25) is 0 Å². The molecule has 140 valence electrons. The van der Waals surface area contributed by atoms with Crippen LogP contribution in [0.4, 0.5) is 5.82 Å². The maximum Gasteiger partial charge on any atom is 0.223 e. The van der Waals surface area contributed by atoms with Gasteiger partial charge in [-0.1, -0.05) is 0 Å². The van der Waals surface area contributed by atoms with E-state index in [1.54, 1.807) is 11.3 Å². The van der Waals surface area contributed by atoms with Gasteiger partial charge >= 0.3 is 0 Å². The molecule has 0 unspecified atom stereocenters. The minimum atomic E-state index is 0.153. The first-order valence-corrected chi connectivity index (χ1v) is 10.8. The van der Waals surface area contributed by atoms with Crippen LogP contribution in [0.3, 0.4) is 0 Å². The molecule has 0 saturated carbocycles. The van der Waals surface area contributed by atoms with Crippen LogP contribution in [0.1, 0.15) is 32.1 Å². The number of rotatable bonds is 6. The molecular formula is C20H28N4OS. The summed E-state index contributed by atoms with van der Waals surface area (Å²) < 4.78 is 1.29. The molecule has 0 bridgehead atoms. The van der Waals surface area contributed by atoms with E-state index in [1.807, 2.05) is 6.20 Å². The van der Waals surface area contributed by atoms with E-state index in [1.165, 1.54) is 36.0 Å². The number of fused-ring (bicyclic) bond motifs is 1. The van der Waals surface area contributed by atoms with Crippen LogP contribution in [0, 0.1) is 5.92 Å². The lowest BCUT2D eigenvalue weighted by Crippen LogP contribution is -2.41. The number of piperidine rings is 1. The van der Waals surface area contributed by atoms with Gasteiger partial charge in [-0.25, -0.2) is 4.98 Å². The van der Waals surface area contributed by atoms with Crippen molar-refractivity contribution in [2.45, 2.75) is 32.1 Å². The Labute approximate surface area is 159 Å². The van der Waals surface area contributed by atoms with Crippen LogP contribution < -0.4 is 10.2 Å². The third-order valence-corrected chi connectivity index (χ3v) is 6.56. The number of carbonyl (C=O) groups excluding carboxylic acids is 1. The summed E-state index contributed by atoms with van der Waals surface area (Å²) >= 11 is 1.76. The molecule has 1 amide bonds. The van der Waals surface area contributed by atoms with Crippen molar-refractivity contribution in [3.63, 3.8) is 0 Å². The minimum Gasteiger partial charge on any atom is -0.356 e. The van der Waals surface area contributed by atoms with Crippen LogP contribution in [0.5, 0.6) is 0 Å². The van der Waals surface area contributed by atoms with Gasteiger partial charge in [-0.15, -0.1) is 11.3 Å². The Morgan fingerprint density at radius 2 is 2.00 bits per heavy atom. The number of nitrogens with zero attached hydrogens (tertiary/aromatic N) is 3. The van der Waals surface area contributed by atoms with Crippen LogP contribution in [-0.4, -0.2) is 55.1 Å². The Bertz CT molecular complexity index is 732. The highest BCUT2D eigenvalue weighted by atomic mass is 32.1. The average molecular weight is 373 g/mol. The van der Waals surface area contributed by atoms with Crippen molar-refractivity contribution < 1.29 is 4.79 Å². The van der Waals surface area contributed by atoms with Crippen LogP contribution in [0.25, 0.3) is 10.1 Å². The van der Waals surface area contributed by atoms with E-state index in [9.17, 15) is 4.79 Å². The highest BCUT2D eigenvalue weighted by Gasteiger charge is 2.26. The molecule has 2 saturated heterocycles. The summed E-state index contributed by atoms with van der Waals surface area (Å²) in [4.78, 5) is 21.9. The Kier molecular flexibility index (Phi) is 5.70. The molecule has 0 spiro atoms. The van der Waals surface area contributed by atoms with Crippen molar-refractivity contribution in [2.24, 2.45) is 5.92 Å². The van der Waals surface area contributed by atoms with Gasteiger partial charge in [-0.2, -0.15) is 0 Å². The average Bonchev–Trinajstić information content (AvgIpc) is 3.36. The van der Waals surface area contributed by atoms with Crippen molar-refractivity contribution in [2.75, 3.05) is 44.2 Å². The summed E-state index contributed by atoms with van der Waals surface area (Å²) in [5, 5.41) is 6.52. The van der Waals surface area contributed by atoms with Gasteiger partial charge < -0.3 is 15.1 Å². The lowest BCUT2D eigenvalue weighted by molar-refractivity contribution is -0.125. The SMILES string of the molecule is O=C(NCCCN1CCCC1)C1CCN(c2nccc3sccc23)CC1. The van der Waals surface area contributed by atoms with Gasteiger partial charge in [0.1, 0.15) is 5.82 Å². The van der Waals surface area contributed by atoms with Crippen molar-refractivity contribution >= 4 is 33.1 Å². The zero-order valence-corrected chi connectivity index (χ0v) is 16.1. The lowest BCUT2D eigenvalue weighted by atomic mass is 9.95. The van der Waals surface area contributed by atoms with Gasteiger partial charge in [0.25, 0.3) is 0 Å². The van der Waals surface area contributed by atoms with Crippen molar-refractivity contribution in [1.82, 2.24) is 15.2 Å². The molecule has 6 heteroatoms. The quantitative estimate of drug-likeness (QED) is 0.792. The normalized spacial score (nSPS) is 19.3. The number of likely N-dealkylation sites (tertiary alicyclic amines) is 1. The van der Waals surface area contributed by atoms with Gasteiger partial charge in [-0.05, 0) is 69.3 Å². The third-order valence-electron chi connectivity index (χ3n) is 5.67. The first-order valence-electron chi connectivity index (χ1n) is 9.88. The Hall–Kier alpha value is -1.66. The molecule has 2 aliphatic rings. The van der Waals surface area contributed by atoms with Crippen LogP contribution in [0.15, 0.2) is 23.7 Å². The number of hydrogen-bond acceptors (Lipinski definition) is 5. The molecule has 1 N–H and O–H groups in total. The maximum absolute atomic E-state index is 12.5. The molecule has 2 aromatic heterocycles. The van der Waals surface area contributed by atoms with Gasteiger partial charge in [0.05, 0.1) is 0 Å². The summed E-state index contributed by atoms with van der Waals surface area (Å²) in [6, 6.07) is 4.23. The second kappa shape index (κ2) is 8.35. The van der Waals surface area contributed by atoms with E-state index < -0.39 is 0 Å². The van der Waals surface area contributed by atoms with E-state index >= 15 is 0 Å². The zero-order valence-electron chi connectivity index (χ0n) is 15.3. The van der Waals surface area contributed by atoms with Gasteiger partial charge in [0.15, 0.2) is 0 Å². The van der Waals surface area contributed by atoms with E-state index in [0.29, 0.717) is 0 Å². The van der Waals surface area contributed by atoms with E-state index in [0.717, 1.165) is 51.3 Å². The Morgan fingerprint density at radius 1 is 1.19 bits per heavy atom. The topological polar surface area (TPSA) is 48.5 Å². The van der Waals surface area contributed by atoms with E-state index in [2.05, 4.69) is 37.6 Å². The Balaban J connectivity index is 1.23. The molecule has 2 fully saturated rings. The molecule has 4 heterocycles. The highest BCUT2D eigenvalue weighted by molar-refractivity contribution is 7.17. The summed E-state index contributed by atoms with van der Waals surface area (Å²) in [6.07, 6.45) is 7.46. The number of aromatic nitrogens is 1. The number of pyridine rings is 1. The van der Waals surface area contributed by atoms with E-state index in [4.69, 9.17) is 0 Å². The summed E-state index contributed by atoms with van der Waals surface area (Å²) in [6.45, 7) is 6.22. The lowest BCUT2D eigenvalue weighted by Gasteiger charge is -2.32. The number of nitrogens with one attached hydrogen (secondary N) is 1. The molecule has 0 radical (unpaired) electrons. The molecule has 0 atom stereocenters. The number of amides is 1.